The lowest BCUT2D eigenvalue weighted by molar-refractivity contribution is -0.384. The van der Waals surface area contributed by atoms with Crippen LogP contribution in [0, 0.1) is 10.1 Å². The quantitative estimate of drug-likeness (QED) is 0.280. The molecule has 10 nitrogen and oxygen atoms in total. The lowest BCUT2D eigenvalue weighted by atomic mass is 10.1. The number of piperazine rings is 1. The summed E-state index contributed by atoms with van der Waals surface area (Å²) >= 11 is 0. The van der Waals surface area contributed by atoms with Crippen LogP contribution in [-0.2, 0) is 7.05 Å². The van der Waals surface area contributed by atoms with E-state index in [-0.39, 0.29) is 22.2 Å². The van der Waals surface area contributed by atoms with Gasteiger partial charge in [-0.25, -0.2) is 4.98 Å². The Kier molecular flexibility index (Phi) is 5.20. The average molecular weight is 461 g/mol. The molecule has 2 aromatic carbocycles. The van der Waals surface area contributed by atoms with Crippen molar-refractivity contribution in [3.63, 3.8) is 0 Å². The SMILES string of the molecule is COc1cc(O)c2c(=O)c3cc([N+](=O)[O-])c(N4CCN(c5ccccn5)CC4)cc3n(C)c2c1. The maximum absolute atomic E-state index is 13.3. The molecule has 0 amide bonds. The number of methoxy groups -OCH3 is 1. The fourth-order valence-corrected chi connectivity index (χ4v) is 4.61. The van der Waals surface area contributed by atoms with Crippen LogP contribution < -0.4 is 20.0 Å². The molecule has 34 heavy (non-hydrogen) atoms. The minimum atomic E-state index is -0.461. The molecular formula is C24H23N5O5. The number of phenols is 1. The fourth-order valence-electron chi connectivity index (χ4n) is 4.61. The van der Waals surface area contributed by atoms with Crippen LogP contribution in [0.5, 0.6) is 11.5 Å². The van der Waals surface area contributed by atoms with Crippen LogP contribution >= 0.6 is 0 Å². The highest BCUT2D eigenvalue weighted by Crippen LogP contribution is 2.36. The van der Waals surface area contributed by atoms with Crippen LogP contribution in [0.15, 0.2) is 53.5 Å². The molecule has 1 fully saturated rings. The van der Waals surface area contributed by atoms with Gasteiger partial charge in [-0.3, -0.25) is 14.9 Å². The first kappa shape index (κ1) is 21.5. The first-order chi connectivity index (χ1) is 16.4. The number of benzene rings is 2. The number of nitro groups is 1. The van der Waals surface area contributed by atoms with Crippen molar-refractivity contribution in [1.82, 2.24) is 9.55 Å². The summed E-state index contributed by atoms with van der Waals surface area (Å²) in [4.78, 5) is 33.3. The number of fused-ring (bicyclic) bond motifs is 2. The van der Waals surface area contributed by atoms with Gasteiger partial charge >= 0.3 is 0 Å². The minimum Gasteiger partial charge on any atom is -0.507 e. The number of nitro benzene ring substituents is 1. The number of ether oxygens (including phenoxy) is 1. The molecule has 0 atom stereocenters. The van der Waals surface area contributed by atoms with Crippen molar-refractivity contribution >= 4 is 39.0 Å². The van der Waals surface area contributed by atoms with Gasteiger partial charge in [-0.1, -0.05) is 6.07 Å². The Morgan fingerprint density at radius 1 is 1.06 bits per heavy atom. The van der Waals surface area contributed by atoms with E-state index in [0.717, 1.165) is 5.82 Å². The number of aromatic hydroxyl groups is 1. The summed E-state index contributed by atoms with van der Waals surface area (Å²) < 4.78 is 7.00. The number of hydrogen-bond acceptors (Lipinski definition) is 8. The van der Waals surface area contributed by atoms with Crippen LogP contribution in [0.1, 0.15) is 0 Å². The second kappa shape index (κ2) is 8.22. The predicted molar refractivity (Wildman–Crippen MR) is 130 cm³/mol. The first-order valence-corrected chi connectivity index (χ1v) is 10.8. The minimum absolute atomic E-state index is 0.0989. The molecule has 1 N–H and O–H groups in total. The van der Waals surface area contributed by atoms with Gasteiger partial charge in [0, 0.05) is 57.6 Å². The van der Waals surface area contributed by atoms with Gasteiger partial charge in [0.05, 0.1) is 33.8 Å². The van der Waals surface area contributed by atoms with Crippen molar-refractivity contribution in [3.8, 4) is 11.5 Å². The molecule has 3 heterocycles. The summed E-state index contributed by atoms with van der Waals surface area (Å²) in [7, 11) is 3.24. The highest BCUT2D eigenvalue weighted by Gasteiger charge is 2.27. The van der Waals surface area contributed by atoms with Crippen LogP contribution in [0.3, 0.4) is 0 Å². The third-order valence-corrected chi connectivity index (χ3v) is 6.38. The Bertz CT molecular complexity index is 1480. The highest BCUT2D eigenvalue weighted by atomic mass is 16.6. The summed E-state index contributed by atoms with van der Waals surface area (Å²) in [6.45, 7) is 2.46. The van der Waals surface area contributed by atoms with E-state index >= 15 is 0 Å². The number of pyridine rings is 2. The van der Waals surface area contributed by atoms with Crippen molar-refractivity contribution in [1.29, 1.82) is 0 Å². The fraction of sp³-hybridized carbons (Fsp3) is 0.250. The molecule has 4 aromatic rings. The van der Waals surface area contributed by atoms with Crippen LogP contribution in [-0.4, -0.2) is 52.9 Å². The standard InChI is InChI=1S/C24H23N5O5/c1-26-17-14-18(27-7-9-28(10-8-27)22-5-3-4-6-25-22)19(29(32)33)13-16(17)24(31)23-20(26)11-15(34-2)12-21(23)30/h3-6,11-14,30H,7-10H2,1-2H3. The summed E-state index contributed by atoms with van der Waals surface area (Å²) in [5, 5.41) is 22.7. The number of rotatable bonds is 4. The molecule has 0 aliphatic carbocycles. The largest absolute Gasteiger partial charge is 0.507 e. The molecule has 0 bridgehead atoms. The van der Waals surface area contributed by atoms with E-state index in [0.29, 0.717) is 48.6 Å². The third-order valence-electron chi connectivity index (χ3n) is 6.38. The van der Waals surface area contributed by atoms with Crippen molar-refractivity contribution < 1.29 is 14.8 Å². The van der Waals surface area contributed by atoms with Crippen LogP contribution in [0.2, 0.25) is 0 Å². The van der Waals surface area contributed by atoms with E-state index in [2.05, 4.69) is 9.88 Å². The molecule has 0 spiro atoms. The molecule has 5 rings (SSSR count). The molecule has 0 unspecified atom stereocenters. The Labute approximate surface area is 194 Å². The lowest BCUT2D eigenvalue weighted by Crippen LogP contribution is -2.47. The van der Waals surface area contributed by atoms with Gasteiger partial charge < -0.3 is 24.2 Å². The topological polar surface area (TPSA) is 114 Å². The molecule has 0 radical (unpaired) electrons. The lowest BCUT2D eigenvalue weighted by Gasteiger charge is -2.36. The number of hydrogen-bond donors (Lipinski definition) is 1. The zero-order valence-corrected chi connectivity index (χ0v) is 18.8. The molecular weight excluding hydrogens is 438 g/mol. The second-order valence-electron chi connectivity index (χ2n) is 8.21. The highest BCUT2D eigenvalue weighted by molar-refractivity contribution is 5.99. The second-order valence-corrected chi connectivity index (χ2v) is 8.21. The molecule has 0 saturated carbocycles. The van der Waals surface area contributed by atoms with Gasteiger partial charge in [0.25, 0.3) is 5.69 Å². The molecule has 2 aromatic heterocycles. The van der Waals surface area contributed by atoms with Crippen molar-refractivity contribution in [3.05, 3.63) is 69.0 Å². The van der Waals surface area contributed by atoms with E-state index in [1.165, 1.54) is 19.2 Å². The number of aromatic nitrogens is 2. The maximum atomic E-state index is 13.3. The number of aryl methyl sites for hydroxylation is 1. The summed E-state index contributed by atoms with van der Waals surface area (Å²) in [6, 6.07) is 11.8. The Morgan fingerprint density at radius 3 is 2.44 bits per heavy atom. The monoisotopic (exact) mass is 461 g/mol. The smallest absolute Gasteiger partial charge is 0.293 e. The van der Waals surface area contributed by atoms with Gasteiger partial charge in [-0.15, -0.1) is 0 Å². The van der Waals surface area contributed by atoms with Crippen LogP contribution in [0.4, 0.5) is 17.2 Å². The molecule has 1 saturated heterocycles. The summed E-state index contributed by atoms with van der Waals surface area (Å²) in [6.07, 6.45) is 1.74. The number of phenolic OH excluding ortho intramolecular Hbond substituents is 1. The van der Waals surface area contributed by atoms with Gasteiger partial charge in [-0.2, -0.15) is 0 Å². The summed E-state index contributed by atoms with van der Waals surface area (Å²) in [5.74, 6) is 1.05. The van der Waals surface area contributed by atoms with Crippen molar-refractivity contribution in [2.45, 2.75) is 0 Å². The maximum Gasteiger partial charge on any atom is 0.293 e. The first-order valence-electron chi connectivity index (χ1n) is 10.8. The normalized spacial score (nSPS) is 14.1. The number of nitrogens with zero attached hydrogens (tertiary/aromatic N) is 5. The van der Waals surface area contributed by atoms with Crippen molar-refractivity contribution in [2.24, 2.45) is 7.05 Å². The predicted octanol–water partition coefficient (Wildman–Crippen LogP) is 3.04. The average Bonchev–Trinajstić information content (AvgIpc) is 2.86. The zero-order valence-electron chi connectivity index (χ0n) is 18.8. The van der Waals surface area contributed by atoms with Gasteiger partial charge in [0.2, 0.25) is 5.43 Å². The van der Waals surface area contributed by atoms with Crippen molar-refractivity contribution in [2.75, 3.05) is 43.1 Å². The van der Waals surface area contributed by atoms with E-state index in [1.54, 1.807) is 29.9 Å². The Balaban J connectivity index is 1.63. The van der Waals surface area contributed by atoms with Crippen LogP contribution in [0.25, 0.3) is 21.8 Å². The van der Waals surface area contributed by atoms with E-state index in [9.17, 15) is 20.0 Å². The number of anilines is 2. The van der Waals surface area contributed by atoms with E-state index in [1.807, 2.05) is 23.1 Å². The Morgan fingerprint density at radius 2 is 1.79 bits per heavy atom. The molecule has 1 aliphatic heterocycles. The van der Waals surface area contributed by atoms with E-state index in [4.69, 9.17) is 4.74 Å². The molecule has 10 heteroatoms. The molecule has 1 aliphatic rings. The van der Waals surface area contributed by atoms with E-state index < -0.39 is 10.4 Å². The summed E-state index contributed by atoms with van der Waals surface area (Å²) in [5.41, 5.74) is 0.882. The zero-order chi connectivity index (χ0) is 24.0. The van der Waals surface area contributed by atoms with Gasteiger partial charge in [0.15, 0.2) is 0 Å². The van der Waals surface area contributed by atoms with Gasteiger partial charge in [0.1, 0.15) is 23.0 Å². The Hall–Kier alpha value is -4.34. The third kappa shape index (κ3) is 3.43. The molecule has 174 valence electrons. The van der Waals surface area contributed by atoms with Gasteiger partial charge in [-0.05, 0) is 18.2 Å².